The first-order valence-corrected chi connectivity index (χ1v) is 12.7. The molecule has 0 radical (unpaired) electrons. The maximum absolute atomic E-state index is 13.3. The number of morpholine rings is 1. The molecule has 0 unspecified atom stereocenters. The van der Waals surface area contributed by atoms with Gasteiger partial charge >= 0.3 is 0 Å². The molecule has 9 heteroatoms. The highest BCUT2D eigenvalue weighted by atomic mass is 32.2. The number of carbonyl (C=O) groups excluding carboxylic acids is 1. The van der Waals surface area contributed by atoms with E-state index in [0.717, 1.165) is 16.7 Å². The molecule has 0 aromatic heterocycles. The Balaban J connectivity index is 1.63. The molecule has 184 valence electrons. The molecule has 3 aromatic carbocycles. The second kappa shape index (κ2) is 10.6. The van der Waals surface area contributed by atoms with Crippen LogP contribution in [0.2, 0.25) is 0 Å². The molecule has 0 spiro atoms. The Kier molecular flexibility index (Phi) is 7.49. The average molecular weight is 499 g/mol. The number of halogens is 1. The summed E-state index contributed by atoms with van der Waals surface area (Å²) in [7, 11) is -3.79. The molecule has 0 saturated carbocycles. The predicted octanol–water partition coefficient (Wildman–Crippen LogP) is 4.44. The Labute approximate surface area is 204 Å². The molecule has 1 fully saturated rings. The van der Waals surface area contributed by atoms with Gasteiger partial charge in [-0.1, -0.05) is 18.2 Å². The van der Waals surface area contributed by atoms with Crippen LogP contribution in [-0.4, -0.2) is 44.9 Å². The van der Waals surface area contributed by atoms with E-state index in [0.29, 0.717) is 19.0 Å². The Morgan fingerprint density at radius 3 is 2.40 bits per heavy atom. The number of hydrogen-bond acceptors (Lipinski definition) is 5. The summed E-state index contributed by atoms with van der Waals surface area (Å²) in [6, 6.07) is 15.5. The van der Waals surface area contributed by atoms with E-state index in [4.69, 9.17) is 9.47 Å². The molecule has 1 amide bonds. The molecular weight excluding hydrogens is 471 g/mol. The fraction of sp³-hybridized carbons (Fsp3) is 0.269. The monoisotopic (exact) mass is 498 g/mol. The summed E-state index contributed by atoms with van der Waals surface area (Å²) in [6.45, 7) is 5.13. The van der Waals surface area contributed by atoms with Crippen molar-refractivity contribution in [3.8, 4) is 11.5 Å². The second-order valence-electron chi connectivity index (χ2n) is 8.37. The first-order chi connectivity index (χ1) is 16.7. The lowest BCUT2D eigenvalue weighted by molar-refractivity contribution is -0.115. The lowest BCUT2D eigenvalue weighted by Crippen LogP contribution is -2.40. The molecule has 0 aliphatic carbocycles. The summed E-state index contributed by atoms with van der Waals surface area (Å²) < 4.78 is 52.1. The lowest BCUT2D eigenvalue weighted by atomic mass is 10.0. The quantitative estimate of drug-likeness (QED) is 0.521. The van der Waals surface area contributed by atoms with Gasteiger partial charge in [0, 0.05) is 13.1 Å². The van der Waals surface area contributed by atoms with Gasteiger partial charge in [-0.2, -0.15) is 4.31 Å². The zero-order chi connectivity index (χ0) is 25.0. The molecular formula is C26H27FN2O5S. The van der Waals surface area contributed by atoms with Gasteiger partial charge in [0.2, 0.25) is 15.9 Å². The number of amides is 1. The van der Waals surface area contributed by atoms with E-state index in [9.17, 15) is 17.6 Å². The smallest absolute Gasteiger partial charge is 0.243 e. The molecule has 3 aromatic rings. The van der Waals surface area contributed by atoms with Crippen molar-refractivity contribution in [2.24, 2.45) is 0 Å². The highest BCUT2D eigenvalue weighted by molar-refractivity contribution is 7.89. The number of ether oxygens (including phenoxy) is 2. The molecule has 35 heavy (non-hydrogen) atoms. The van der Waals surface area contributed by atoms with Crippen LogP contribution in [0.25, 0.3) is 0 Å². The van der Waals surface area contributed by atoms with Gasteiger partial charge in [-0.05, 0) is 73.0 Å². The number of sulfonamides is 1. The summed E-state index contributed by atoms with van der Waals surface area (Å²) in [5.74, 6) is -0.143. The normalized spacial score (nSPS) is 14.5. The SMILES string of the molecule is Cc1ccc(CC(=O)Nc2cc(S(=O)(=O)N3CCOCC3)ccc2Oc2ccc(F)cc2)cc1C. The van der Waals surface area contributed by atoms with E-state index in [-0.39, 0.29) is 41.7 Å². The molecule has 1 aliphatic rings. The van der Waals surface area contributed by atoms with E-state index >= 15 is 0 Å². The van der Waals surface area contributed by atoms with Gasteiger partial charge in [0.15, 0.2) is 5.75 Å². The molecule has 1 saturated heterocycles. The zero-order valence-electron chi connectivity index (χ0n) is 19.6. The first kappa shape index (κ1) is 24.8. The Hall–Kier alpha value is -3.27. The second-order valence-corrected chi connectivity index (χ2v) is 10.3. The van der Waals surface area contributed by atoms with Crippen molar-refractivity contribution >= 4 is 21.6 Å². The van der Waals surface area contributed by atoms with Gasteiger partial charge in [0.05, 0.1) is 30.2 Å². The summed E-state index contributed by atoms with van der Waals surface area (Å²) in [6.07, 6.45) is 0.109. The third-order valence-corrected chi connectivity index (χ3v) is 7.71. The minimum absolute atomic E-state index is 0.0346. The standard InChI is InChI=1S/C26H27FN2O5S/c1-18-3-4-20(15-19(18)2)16-26(30)28-24-17-23(35(31,32)29-11-13-33-14-12-29)9-10-25(24)34-22-7-5-21(27)6-8-22/h3-10,15,17H,11-14,16H2,1-2H3,(H,28,30). The maximum Gasteiger partial charge on any atom is 0.243 e. The van der Waals surface area contributed by atoms with Crippen molar-refractivity contribution in [1.29, 1.82) is 0 Å². The van der Waals surface area contributed by atoms with Crippen molar-refractivity contribution in [2.45, 2.75) is 25.2 Å². The fourth-order valence-electron chi connectivity index (χ4n) is 3.72. The summed E-state index contributed by atoms with van der Waals surface area (Å²) in [5.41, 5.74) is 3.25. The predicted molar refractivity (Wildman–Crippen MR) is 131 cm³/mol. The molecule has 1 heterocycles. The van der Waals surface area contributed by atoms with Crippen LogP contribution in [-0.2, 0) is 26.0 Å². The van der Waals surface area contributed by atoms with Crippen LogP contribution in [0.5, 0.6) is 11.5 Å². The van der Waals surface area contributed by atoms with Gasteiger partial charge < -0.3 is 14.8 Å². The molecule has 4 rings (SSSR count). The number of hydrogen-bond donors (Lipinski definition) is 1. The van der Waals surface area contributed by atoms with Gasteiger partial charge in [0.1, 0.15) is 11.6 Å². The van der Waals surface area contributed by atoms with Crippen LogP contribution in [0.1, 0.15) is 16.7 Å². The van der Waals surface area contributed by atoms with Gasteiger partial charge in [-0.15, -0.1) is 0 Å². The van der Waals surface area contributed by atoms with Crippen LogP contribution in [0, 0.1) is 19.7 Å². The van der Waals surface area contributed by atoms with E-state index in [2.05, 4.69) is 5.32 Å². The van der Waals surface area contributed by atoms with Crippen LogP contribution < -0.4 is 10.1 Å². The number of nitrogens with zero attached hydrogens (tertiary/aromatic N) is 1. The molecule has 1 aliphatic heterocycles. The highest BCUT2D eigenvalue weighted by Crippen LogP contribution is 2.33. The third-order valence-electron chi connectivity index (χ3n) is 5.81. The Bertz CT molecular complexity index is 1320. The number of aryl methyl sites for hydroxylation is 2. The minimum Gasteiger partial charge on any atom is -0.455 e. The van der Waals surface area contributed by atoms with E-state index in [1.54, 1.807) is 0 Å². The number of anilines is 1. The van der Waals surface area contributed by atoms with Crippen LogP contribution >= 0.6 is 0 Å². The van der Waals surface area contributed by atoms with Crippen molar-refractivity contribution in [1.82, 2.24) is 4.31 Å². The Morgan fingerprint density at radius 1 is 1.00 bits per heavy atom. The third kappa shape index (κ3) is 6.05. The number of nitrogens with one attached hydrogen (secondary N) is 1. The number of carbonyl (C=O) groups is 1. The largest absolute Gasteiger partial charge is 0.455 e. The van der Waals surface area contributed by atoms with Crippen molar-refractivity contribution in [3.05, 3.63) is 83.2 Å². The fourth-order valence-corrected chi connectivity index (χ4v) is 5.15. The maximum atomic E-state index is 13.3. The Morgan fingerprint density at radius 2 is 1.71 bits per heavy atom. The number of benzene rings is 3. The average Bonchev–Trinajstić information content (AvgIpc) is 2.84. The van der Waals surface area contributed by atoms with Crippen LogP contribution in [0.15, 0.2) is 65.6 Å². The molecule has 7 nitrogen and oxygen atoms in total. The van der Waals surface area contributed by atoms with Crippen LogP contribution in [0.4, 0.5) is 10.1 Å². The van der Waals surface area contributed by atoms with Crippen molar-refractivity contribution < 1.29 is 27.1 Å². The van der Waals surface area contributed by atoms with E-state index in [1.807, 2.05) is 32.0 Å². The van der Waals surface area contributed by atoms with E-state index < -0.39 is 15.8 Å². The van der Waals surface area contributed by atoms with Gasteiger partial charge in [-0.25, -0.2) is 12.8 Å². The van der Waals surface area contributed by atoms with Gasteiger partial charge in [-0.3, -0.25) is 4.79 Å². The summed E-state index contributed by atoms with van der Waals surface area (Å²) >= 11 is 0. The summed E-state index contributed by atoms with van der Waals surface area (Å²) in [4.78, 5) is 12.9. The lowest BCUT2D eigenvalue weighted by Gasteiger charge is -2.26. The molecule has 1 N–H and O–H groups in total. The van der Waals surface area contributed by atoms with Crippen LogP contribution in [0.3, 0.4) is 0 Å². The van der Waals surface area contributed by atoms with Crippen molar-refractivity contribution in [3.63, 3.8) is 0 Å². The highest BCUT2D eigenvalue weighted by Gasteiger charge is 2.27. The zero-order valence-corrected chi connectivity index (χ0v) is 20.4. The number of rotatable bonds is 7. The summed E-state index contributed by atoms with van der Waals surface area (Å²) in [5, 5.41) is 2.79. The van der Waals surface area contributed by atoms with Crippen molar-refractivity contribution in [2.75, 3.05) is 31.6 Å². The molecule has 0 bridgehead atoms. The minimum atomic E-state index is -3.79. The van der Waals surface area contributed by atoms with Gasteiger partial charge in [0.25, 0.3) is 0 Å². The molecule has 0 atom stereocenters. The topological polar surface area (TPSA) is 84.9 Å². The van der Waals surface area contributed by atoms with E-state index in [1.165, 1.54) is 46.8 Å². The first-order valence-electron chi connectivity index (χ1n) is 11.2.